The summed E-state index contributed by atoms with van der Waals surface area (Å²) < 4.78 is 0. The van der Waals surface area contributed by atoms with Crippen molar-refractivity contribution in [3.63, 3.8) is 0 Å². The predicted molar refractivity (Wildman–Crippen MR) is 73.3 cm³/mol. The molecule has 1 saturated carbocycles. The lowest BCUT2D eigenvalue weighted by atomic mass is 9.83. The maximum absolute atomic E-state index is 12.2. The van der Waals surface area contributed by atoms with E-state index in [0.717, 1.165) is 19.3 Å². The first kappa shape index (κ1) is 15.1. The number of urea groups is 1. The van der Waals surface area contributed by atoms with Crippen molar-refractivity contribution in [2.24, 2.45) is 5.41 Å². The third-order valence-electron chi connectivity index (χ3n) is 4.85. The van der Waals surface area contributed by atoms with Gasteiger partial charge in [-0.25, -0.2) is 9.59 Å². The molecule has 0 aromatic rings. The maximum Gasteiger partial charge on any atom is 0.326 e. The van der Waals surface area contributed by atoms with Crippen LogP contribution in [-0.2, 0) is 4.79 Å². The first-order chi connectivity index (χ1) is 9.47. The van der Waals surface area contributed by atoms with Crippen molar-refractivity contribution in [2.45, 2.75) is 57.6 Å². The van der Waals surface area contributed by atoms with Crippen LogP contribution in [0.25, 0.3) is 0 Å². The highest BCUT2D eigenvalue weighted by Crippen LogP contribution is 2.40. The van der Waals surface area contributed by atoms with Gasteiger partial charge >= 0.3 is 12.0 Å². The molecule has 3 N–H and O–H groups in total. The summed E-state index contributed by atoms with van der Waals surface area (Å²) in [5.41, 5.74) is 0.173. The number of carbonyl (C=O) groups excluding carboxylic acids is 1. The number of likely N-dealkylation sites (tertiary alicyclic amines) is 1. The second-order valence-corrected chi connectivity index (χ2v) is 6.12. The third kappa shape index (κ3) is 3.06. The molecular formula is C14H24N2O4. The van der Waals surface area contributed by atoms with E-state index in [2.05, 4.69) is 12.2 Å². The summed E-state index contributed by atoms with van der Waals surface area (Å²) in [5, 5.41) is 21.5. The lowest BCUT2D eigenvalue weighted by molar-refractivity contribution is -0.141. The lowest BCUT2D eigenvalue weighted by Gasteiger charge is -2.30. The molecule has 2 aliphatic rings. The molecule has 20 heavy (non-hydrogen) atoms. The fraction of sp³-hybridized carbons (Fsp3) is 0.857. The molecule has 0 aromatic carbocycles. The number of aliphatic hydroxyl groups is 1. The minimum atomic E-state index is -1.05. The molecule has 6 heteroatoms. The van der Waals surface area contributed by atoms with Gasteiger partial charge in [-0.1, -0.05) is 19.8 Å². The van der Waals surface area contributed by atoms with E-state index in [0.29, 0.717) is 6.54 Å². The minimum absolute atomic E-state index is 0.0991. The van der Waals surface area contributed by atoms with Crippen LogP contribution in [0, 0.1) is 5.41 Å². The Labute approximate surface area is 119 Å². The predicted octanol–water partition coefficient (Wildman–Crippen LogP) is 1.19. The van der Waals surface area contributed by atoms with Crippen LogP contribution in [0.3, 0.4) is 0 Å². The lowest BCUT2D eigenvalue weighted by Crippen LogP contribution is -2.48. The number of hydrogen-bond acceptors (Lipinski definition) is 3. The fourth-order valence-electron chi connectivity index (χ4n) is 3.42. The molecule has 2 rings (SSSR count). The number of aliphatic carboxylic acids is 1. The molecule has 0 spiro atoms. The number of amides is 2. The zero-order valence-electron chi connectivity index (χ0n) is 12.0. The molecule has 114 valence electrons. The number of rotatable bonds is 4. The molecule has 0 unspecified atom stereocenters. The fourth-order valence-corrected chi connectivity index (χ4v) is 3.42. The van der Waals surface area contributed by atoms with E-state index < -0.39 is 18.1 Å². The Balaban J connectivity index is 1.92. The van der Waals surface area contributed by atoms with E-state index in [-0.39, 0.29) is 24.4 Å². The first-order valence-corrected chi connectivity index (χ1v) is 7.43. The summed E-state index contributed by atoms with van der Waals surface area (Å²) >= 11 is 0. The van der Waals surface area contributed by atoms with E-state index in [4.69, 9.17) is 5.11 Å². The van der Waals surface area contributed by atoms with Crippen molar-refractivity contribution >= 4 is 12.0 Å². The van der Waals surface area contributed by atoms with Crippen molar-refractivity contribution in [3.8, 4) is 0 Å². The second-order valence-electron chi connectivity index (χ2n) is 6.12. The van der Waals surface area contributed by atoms with Crippen LogP contribution >= 0.6 is 0 Å². The second kappa shape index (κ2) is 5.99. The molecule has 0 aromatic heterocycles. The monoisotopic (exact) mass is 284 g/mol. The molecule has 1 saturated heterocycles. The standard InChI is InChI=1S/C14H24N2O4/c1-2-14(5-3-4-6-14)9-15-13(20)16-8-10(17)7-11(16)12(18)19/h10-11,17H,2-9H2,1H3,(H,15,20)(H,18,19)/t10-,11-/m1/s1. The van der Waals surface area contributed by atoms with Crippen LogP contribution in [0.5, 0.6) is 0 Å². The quantitative estimate of drug-likeness (QED) is 0.723. The Bertz CT molecular complexity index is 379. The van der Waals surface area contributed by atoms with E-state index in [1.165, 1.54) is 17.7 Å². The highest BCUT2D eigenvalue weighted by atomic mass is 16.4. The Kier molecular flexibility index (Phi) is 4.52. The summed E-state index contributed by atoms with van der Waals surface area (Å²) in [4.78, 5) is 24.5. The van der Waals surface area contributed by atoms with Crippen molar-refractivity contribution in [2.75, 3.05) is 13.1 Å². The smallest absolute Gasteiger partial charge is 0.326 e. The first-order valence-electron chi connectivity index (χ1n) is 7.43. The maximum atomic E-state index is 12.2. The van der Waals surface area contributed by atoms with Gasteiger partial charge in [0.2, 0.25) is 0 Å². The number of aliphatic hydroxyl groups excluding tert-OH is 1. The van der Waals surface area contributed by atoms with Gasteiger partial charge in [0.15, 0.2) is 0 Å². The van der Waals surface area contributed by atoms with Crippen LogP contribution in [0.15, 0.2) is 0 Å². The number of nitrogens with one attached hydrogen (secondary N) is 1. The van der Waals surface area contributed by atoms with Crippen LogP contribution in [0.2, 0.25) is 0 Å². The molecule has 2 amide bonds. The van der Waals surface area contributed by atoms with Gasteiger partial charge < -0.3 is 20.4 Å². The molecule has 1 heterocycles. The highest BCUT2D eigenvalue weighted by molar-refractivity contribution is 5.83. The van der Waals surface area contributed by atoms with Crippen molar-refractivity contribution in [3.05, 3.63) is 0 Å². The summed E-state index contributed by atoms with van der Waals surface area (Å²) in [5.74, 6) is -1.05. The Hall–Kier alpha value is -1.30. The number of hydrogen-bond donors (Lipinski definition) is 3. The summed E-state index contributed by atoms with van der Waals surface area (Å²) in [6, 6.07) is -1.28. The Morgan fingerprint density at radius 1 is 1.35 bits per heavy atom. The van der Waals surface area contributed by atoms with Crippen LogP contribution < -0.4 is 5.32 Å². The molecule has 6 nitrogen and oxygen atoms in total. The number of carbonyl (C=O) groups is 2. The van der Waals surface area contributed by atoms with Gasteiger partial charge in [-0.2, -0.15) is 0 Å². The normalized spacial score (nSPS) is 28.6. The largest absolute Gasteiger partial charge is 0.480 e. The average Bonchev–Trinajstić information content (AvgIpc) is 3.03. The van der Waals surface area contributed by atoms with E-state index >= 15 is 0 Å². The summed E-state index contributed by atoms with van der Waals surface area (Å²) in [6.07, 6.45) is 5.03. The van der Waals surface area contributed by atoms with Crippen LogP contribution in [0.1, 0.15) is 45.4 Å². The van der Waals surface area contributed by atoms with Gasteiger partial charge in [-0.3, -0.25) is 0 Å². The van der Waals surface area contributed by atoms with Crippen LogP contribution in [0.4, 0.5) is 4.79 Å². The van der Waals surface area contributed by atoms with Gasteiger partial charge in [0, 0.05) is 19.5 Å². The molecule has 2 fully saturated rings. The van der Waals surface area contributed by atoms with Gasteiger partial charge in [0.25, 0.3) is 0 Å². The molecule has 0 radical (unpaired) electrons. The van der Waals surface area contributed by atoms with Crippen molar-refractivity contribution in [1.82, 2.24) is 10.2 Å². The summed E-state index contributed by atoms with van der Waals surface area (Å²) in [7, 11) is 0. The van der Waals surface area contributed by atoms with Gasteiger partial charge in [-0.05, 0) is 24.7 Å². The average molecular weight is 284 g/mol. The third-order valence-corrected chi connectivity index (χ3v) is 4.85. The topological polar surface area (TPSA) is 89.9 Å². The minimum Gasteiger partial charge on any atom is -0.480 e. The van der Waals surface area contributed by atoms with Gasteiger partial charge in [0.1, 0.15) is 6.04 Å². The number of carboxylic acids is 1. The Morgan fingerprint density at radius 3 is 2.55 bits per heavy atom. The molecule has 1 aliphatic heterocycles. The SMILES string of the molecule is CCC1(CNC(=O)N2C[C@H](O)C[C@@H]2C(=O)O)CCCC1. The van der Waals surface area contributed by atoms with Crippen molar-refractivity contribution < 1.29 is 19.8 Å². The van der Waals surface area contributed by atoms with E-state index in [1.54, 1.807) is 0 Å². The molecule has 0 bridgehead atoms. The number of nitrogens with zero attached hydrogens (tertiary/aromatic N) is 1. The van der Waals surface area contributed by atoms with E-state index in [9.17, 15) is 14.7 Å². The molecule has 1 aliphatic carbocycles. The van der Waals surface area contributed by atoms with E-state index in [1.807, 2.05) is 0 Å². The van der Waals surface area contributed by atoms with Crippen LogP contribution in [-0.4, -0.2) is 52.3 Å². The zero-order valence-corrected chi connectivity index (χ0v) is 12.0. The molecule has 2 atom stereocenters. The number of carboxylic acid groups (broad SMARTS) is 1. The summed E-state index contributed by atoms with van der Waals surface area (Å²) in [6.45, 7) is 2.83. The van der Waals surface area contributed by atoms with Gasteiger partial charge in [0.05, 0.1) is 6.10 Å². The Morgan fingerprint density at radius 2 is 2.00 bits per heavy atom. The van der Waals surface area contributed by atoms with Crippen molar-refractivity contribution in [1.29, 1.82) is 0 Å². The van der Waals surface area contributed by atoms with Gasteiger partial charge in [-0.15, -0.1) is 0 Å². The zero-order chi connectivity index (χ0) is 14.8. The molecular weight excluding hydrogens is 260 g/mol. The highest BCUT2D eigenvalue weighted by Gasteiger charge is 2.40. The number of β-amino-alcohol motifs (C(OH)–C–C–N with tert-alkyl or cyclic N) is 1.